The lowest BCUT2D eigenvalue weighted by Crippen LogP contribution is -2.49. The van der Waals surface area contributed by atoms with Gasteiger partial charge in [-0.05, 0) is 32.6 Å². The Morgan fingerprint density at radius 3 is 2.33 bits per heavy atom. The predicted octanol–water partition coefficient (Wildman–Crippen LogP) is 1.55. The van der Waals surface area contributed by atoms with E-state index in [-0.39, 0.29) is 18.2 Å². The number of rotatable bonds is 10. The molecule has 0 aromatic heterocycles. The standard InChI is InChI=1S/C14H31NO3/c1-6-14(5,10-16)15-8-13(17)9-18-12(4)7-11(2)3/h11-13,15-17H,6-10H2,1-5H3. The molecule has 3 unspecified atom stereocenters. The molecular formula is C14H31NO3. The lowest BCUT2D eigenvalue weighted by molar-refractivity contribution is -0.0120. The molecule has 0 radical (unpaired) electrons. The highest BCUT2D eigenvalue weighted by Gasteiger charge is 2.21. The van der Waals surface area contributed by atoms with E-state index in [0.717, 1.165) is 12.8 Å². The van der Waals surface area contributed by atoms with Gasteiger partial charge in [0, 0.05) is 12.1 Å². The molecule has 18 heavy (non-hydrogen) atoms. The van der Waals surface area contributed by atoms with Crippen molar-refractivity contribution < 1.29 is 14.9 Å². The summed E-state index contributed by atoms with van der Waals surface area (Å²) in [6.45, 7) is 11.2. The summed E-state index contributed by atoms with van der Waals surface area (Å²) in [7, 11) is 0. The Bertz CT molecular complexity index is 205. The van der Waals surface area contributed by atoms with E-state index in [2.05, 4.69) is 19.2 Å². The molecule has 4 nitrogen and oxygen atoms in total. The van der Waals surface area contributed by atoms with Crippen molar-refractivity contribution in [2.24, 2.45) is 5.92 Å². The smallest absolute Gasteiger partial charge is 0.0898 e. The van der Waals surface area contributed by atoms with Gasteiger partial charge >= 0.3 is 0 Å². The maximum atomic E-state index is 9.82. The first-order chi connectivity index (χ1) is 8.33. The number of ether oxygens (including phenoxy) is 1. The summed E-state index contributed by atoms with van der Waals surface area (Å²) >= 11 is 0. The van der Waals surface area contributed by atoms with Crippen LogP contribution in [0.5, 0.6) is 0 Å². The number of nitrogens with one attached hydrogen (secondary N) is 1. The van der Waals surface area contributed by atoms with Crippen molar-refractivity contribution in [3.63, 3.8) is 0 Å². The second-order valence-corrected chi connectivity index (χ2v) is 5.88. The summed E-state index contributed by atoms with van der Waals surface area (Å²) in [4.78, 5) is 0. The number of hydrogen-bond acceptors (Lipinski definition) is 4. The molecule has 110 valence electrons. The van der Waals surface area contributed by atoms with Crippen molar-refractivity contribution in [3.05, 3.63) is 0 Å². The molecule has 0 aliphatic rings. The molecule has 0 saturated carbocycles. The summed E-state index contributed by atoms with van der Waals surface area (Å²) in [5.41, 5.74) is -0.315. The lowest BCUT2D eigenvalue weighted by Gasteiger charge is -2.29. The average molecular weight is 261 g/mol. The maximum Gasteiger partial charge on any atom is 0.0898 e. The Balaban J connectivity index is 3.81. The monoisotopic (exact) mass is 261 g/mol. The van der Waals surface area contributed by atoms with Gasteiger partial charge in [-0.25, -0.2) is 0 Å². The number of β-amino-alcohol motifs (C(OH)–C–C–N with tert-alkyl or cyclic N) is 1. The molecule has 0 rings (SSSR count). The second kappa shape index (κ2) is 8.86. The van der Waals surface area contributed by atoms with Gasteiger partial charge in [0.15, 0.2) is 0 Å². The zero-order valence-electron chi connectivity index (χ0n) is 12.6. The van der Waals surface area contributed by atoms with Crippen molar-refractivity contribution in [3.8, 4) is 0 Å². The molecule has 0 aliphatic heterocycles. The van der Waals surface area contributed by atoms with Crippen molar-refractivity contribution in [1.29, 1.82) is 0 Å². The topological polar surface area (TPSA) is 61.7 Å². The Kier molecular flexibility index (Phi) is 8.78. The fourth-order valence-corrected chi connectivity index (χ4v) is 1.72. The van der Waals surface area contributed by atoms with E-state index in [1.807, 2.05) is 20.8 Å². The highest BCUT2D eigenvalue weighted by molar-refractivity contribution is 4.81. The third kappa shape index (κ3) is 8.03. The van der Waals surface area contributed by atoms with Crippen LogP contribution in [0.15, 0.2) is 0 Å². The Morgan fingerprint density at radius 2 is 1.89 bits per heavy atom. The van der Waals surface area contributed by atoms with Crippen LogP contribution in [0, 0.1) is 5.92 Å². The summed E-state index contributed by atoms with van der Waals surface area (Å²) < 4.78 is 5.59. The van der Waals surface area contributed by atoms with Crippen LogP contribution in [0.25, 0.3) is 0 Å². The van der Waals surface area contributed by atoms with Gasteiger partial charge in [0.2, 0.25) is 0 Å². The summed E-state index contributed by atoms with van der Waals surface area (Å²) in [5, 5.41) is 22.2. The van der Waals surface area contributed by atoms with Gasteiger partial charge in [0.05, 0.1) is 25.4 Å². The lowest BCUT2D eigenvalue weighted by atomic mass is 10.0. The minimum atomic E-state index is -0.531. The van der Waals surface area contributed by atoms with Crippen LogP contribution in [-0.4, -0.2) is 47.7 Å². The van der Waals surface area contributed by atoms with Crippen molar-refractivity contribution in [2.75, 3.05) is 19.8 Å². The number of hydrogen-bond donors (Lipinski definition) is 3. The highest BCUT2D eigenvalue weighted by Crippen LogP contribution is 2.09. The van der Waals surface area contributed by atoms with Gasteiger partial charge in [-0.3, -0.25) is 0 Å². The molecule has 0 aromatic carbocycles. The van der Waals surface area contributed by atoms with Crippen molar-refractivity contribution in [2.45, 2.75) is 65.2 Å². The van der Waals surface area contributed by atoms with Crippen molar-refractivity contribution >= 4 is 0 Å². The van der Waals surface area contributed by atoms with Gasteiger partial charge in [0.1, 0.15) is 0 Å². The third-order valence-corrected chi connectivity index (χ3v) is 3.27. The maximum absolute atomic E-state index is 9.82. The van der Waals surface area contributed by atoms with E-state index in [1.165, 1.54) is 0 Å². The predicted molar refractivity (Wildman–Crippen MR) is 74.7 cm³/mol. The molecule has 0 aliphatic carbocycles. The Morgan fingerprint density at radius 1 is 1.28 bits per heavy atom. The molecule has 3 N–H and O–H groups in total. The minimum Gasteiger partial charge on any atom is -0.394 e. The van der Waals surface area contributed by atoms with E-state index in [0.29, 0.717) is 19.1 Å². The SMILES string of the molecule is CCC(C)(CO)NCC(O)COC(C)CC(C)C. The van der Waals surface area contributed by atoms with Crippen LogP contribution in [0.4, 0.5) is 0 Å². The molecule has 0 saturated heterocycles. The van der Waals surface area contributed by atoms with E-state index in [9.17, 15) is 10.2 Å². The van der Waals surface area contributed by atoms with Crippen molar-refractivity contribution in [1.82, 2.24) is 5.32 Å². The Labute approximate surface area is 112 Å². The fraction of sp³-hybridized carbons (Fsp3) is 1.00. The zero-order chi connectivity index (χ0) is 14.2. The van der Waals surface area contributed by atoms with Crippen LogP contribution < -0.4 is 5.32 Å². The second-order valence-electron chi connectivity index (χ2n) is 5.88. The Hall–Kier alpha value is -0.160. The van der Waals surface area contributed by atoms with Crippen LogP contribution in [0.3, 0.4) is 0 Å². The first-order valence-electron chi connectivity index (χ1n) is 6.98. The third-order valence-electron chi connectivity index (χ3n) is 3.27. The molecule has 3 atom stereocenters. The molecular weight excluding hydrogens is 230 g/mol. The summed E-state index contributed by atoms with van der Waals surface area (Å²) in [6, 6.07) is 0. The molecule has 0 fully saturated rings. The van der Waals surface area contributed by atoms with Crippen LogP contribution in [0.1, 0.15) is 47.5 Å². The highest BCUT2D eigenvalue weighted by atomic mass is 16.5. The molecule has 0 spiro atoms. The molecule has 0 bridgehead atoms. The average Bonchev–Trinajstić information content (AvgIpc) is 2.32. The van der Waals surface area contributed by atoms with Gasteiger partial charge in [-0.15, -0.1) is 0 Å². The zero-order valence-corrected chi connectivity index (χ0v) is 12.6. The van der Waals surface area contributed by atoms with Crippen LogP contribution >= 0.6 is 0 Å². The summed E-state index contributed by atoms with van der Waals surface area (Å²) in [5.74, 6) is 0.605. The van der Waals surface area contributed by atoms with E-state index < -0.39 is 6.10 Å². The first-order valence-corrected chi connectivity index (χ1v) is 6.98. The van der Waals surface area contributed by atoms with Gasteiger partial charge < -0.3 is 20.3 Å². The van der Waals surface area contributed by atoms with Crippen LogP contribution in [0.2, 0.25) is 0 Å². The minimum absolute atomic E-state index is 0.0703. The molecule has 0 amide bonds. The number of aliphatic hydroxyl groups excluding tert-OH is 2. The van der Waals surface area contributed by atoms with Gasteiger partial charge in [-0.1, -0.05) is 20.8 Å². The normalized spacial score (nSPS) is 18.7. The number of aliphatic hydroxyl groups is 2. The largest absolute Gasteiger partial charge is 0.394 e. The molecule has 0 heterocycles. The molecule has 4 heteroatoms. The van der Waals surface area contributed by atoms with E-state index >= 15 is 0 Å². The fourth-order valence-electron chi connectivity index (χ4n) is 1.72. The first kappa shape index (κ1) is 17.8. The van der Waals surface area contributed by atoms with Gasteiger partial charge in [-0.2, -0.15) is 0 Å². The quantitative estimate of drug-likeness (QED) is 0.558. The van der Waals surface area contributed by atoms with Gasteiger partial charge in [0.25, 0.3) is 0 Å². The van der Waals surface area contributed by atoms with Crippen LogP contribution in [-0.2, 0) is 4.74 Å². The van der Waals surface area contributed by atoms with E-state index in [4.69, 9.17) is 4.74 Å². The van der Waals surface area contributed by atoms with E-state index in [1.54, 1.807) is 0 Å². The summed E-state index contributed by atoms with van der Waals surface area (Å²) in [6.07, 6.45) is 1.47. The molecule has 0 aromatic rings.